The zero-order valence-electron chi connectivity index (χ0n) is 29.7. The molecule has 3 aromatic carbocycles. The molecule has 2 aliphatic carbocycles. The number of Topliss-reactive ketones (excluding diaryl/α,β-unsaturated/α-hetero) is 2. The lowest BCUT2D eigenvalue weighted by atomic mass is 9.63. The summed E-state index contributed by atoms with van der Waals surface area (Å²) in [6.07, 6.45) is 4.51. The Balaban J connectivity index is 1.52. The molecule has 8 heteroatoms. The number of nitrogens with zero attached hydrogens (tertiary/aromatic N) is 2. The predicted molar refractivity (Wildman–Crippen MR) is 194 cm³/mol. The smallest absolute Gasteiger partial charge is 0.269 e. The summed E-state index contributed by atoms with van der Waals surface area (Å²) in [5.74, 6) is 0.680. The Kier molecular flexibility index (Phi) is 9.58. The van der Waals surface area contributed by atoms with Crippen molar-refractivity contribution in [2.45, 2.75) is 85.8 Å². The number of rotatable bonds is 11. The lowest BCUT2D eigenvalue weighted by Crippen LogP contribution is -2.44. The zero-order valence-corrected chi connectivity index (χ0v) is 29.7. The molecule has 3 aliphatic rings. The number of ether oxygens (including phenoxy) is 2. The van der Waals surface area contributed by atoms with Crippen LogP contribution in [0.4, 0.5) is 5.69 Å². The van der Waals surface area contributed by atoms with E-state index >= 15 is 0 Å². The topological polar surface area (TPSA) is 99.0 Å². The SMILES string of the molecule is C=CCc1cc(C2C3=C(CC(C)(C)CC3=O)N(Cc3ccccc3)C3=C2C(=O)CC(C)(C)C3)cc(OCC)c1OCc1ccc([N+](=O)[O-])cc1. The monoisotopic (exact) mass is 674 g/mol. The van der Waals surface area contributed by atoms with Crippen LogP contribution in [0.25, 0.3) is 0 Å². The Hall–Kier alpha value is -4.98. The van der Waals surface area contributed by atoms with Crippen molar-refractivity contribution in [3.05, 3.63) is 134 Å². The van der Waals surface area contributed by atoms with Crippen molar-refractivity contribution in [2.75, 3.05) is 6.61 Å². The van der Waals surface area contributed by atoms with Gasteiger partial charge in [-0.25, -0.2) is 0 Å². The first-order chi connectivity index (χ1) is 23.8. The first-order valence-electron chi connectivity index (χ1n) is 17.4. The van der Waals surface area contributed by atoms with Gasteiger partial charge >= 0.3 is 0 Å². The Morgan fingerprint density at radius 1 is 0.860 bits per heavy atom. The van der Waals surface area contributed by atoms with Gasteiger partial charge < -0.3 is 14.4 Å². The lowest BCUT2D eigenvalue weighted by Gasteiger charge is -2.49. The molecule has 0 aromatic heterocycles. The second kappa shape index (κ2) is 13.7. The Morgan fingerprint density at radius 2 is 1.46 bits per heavy atom. The fourth-order valence-electron chi connectivity index (χ4n) is 7.79. The number of nitro groups is 1. The van der Waals surface area contributed by atoms with E-state index in [2.05, 4.69) is 51.3 Å². The summed E-state index contributed by atoms with van der Waals surface area (Å²) in [5.41, 5.74) is 6.52. The van der Waals surface area contributed by atoms with E-state index in [0.717, 1.165) is 46.5 Å². The standard InChI is InChI=1S/C42H46N2O6/c1-7-12-29-19-30(20-36(49-8-2)40(29)50-26-28-15-17-31(18-16-28)44(47)48)37-38-32(21-41(3,4)23-34(38)45)43(25-27-13-10-9-11-14-27)33-22-42(5,6)24-35(46)39(33)37/h7,9-11,13-20,37H,1,8,12,21-26H2,2-6H3. The van der Waals surface area contributed by atoms with Crippen LogP contribution in [-0.2, 0) is 29.2 Å². The largest absolute Gasteiger partial charge is 0.490 e. The van der Waals surface area contributed by atoms with Crippen molar-refractivity contribution < 1.29 is 24.0 Å². The minimum absolute atomic E-state index is 0.0129. The number of allylic oxidation sites excluding steroid dienone is 5. The summed E-state index contributed by atoms with van der Waals surface area (Å²) < 4.78 is 12.6. The van der Waals surface area contributed by atoms with Gasteiger partial charge in [-0.05, 0) is 71.9 Å². The maximum atomic E-state index is 14.4. The van der Waals surface area contributed by atoms with Gasteiger partial charge in [0.2, 0.25) is 0 Å². The van der Waals surface area contributed by atoms with Gasteiger partial charge in [0, 0.05) is 65.5 Å². The first kappa shape index (κ1) is 34.9. The molecule has 1 heterocycles. The molecule has 0 saturated carbocycles. The van der Waals surface area contributed by atoms with E-state index < -0.39 is 10.8 Å². The second-order valence-electron chi connectivity index (χ2n) is 15.3. The lowest BCUT2D eigenvalue weighted by molar-refractivity contribution is -0.384. The molecule has 0 saturated heterocycles. The molecule has 1 aliphatic heterocycles. The molecule has 0 N–H and O–H groups in total. The van der Waals surface area contributed by atoms with Gasteiger partial charge in [0.15, 0.2) is 23.1 Å². The normalized spacial score (nSPS) is 18.5. The number of benzene rings is 3. The van der Waals surface area contributed by atoms with E-state index in [1.807, 2.05) is 37.3 Å². The highest BCUT2D eigenvalue weighted by Crippen LogP contribution is 2.55. The summed E-state index contributed by atoms with van der Waals surface area (Å²) in [5, 5.41) is 11.2. The third-order valence-electron chi connectivity index (χ3n) is 9.89. The number of nitro benzene ring substituents is 1. The van der Waals surface area contributed by atoms with Crippen LogP contribution >= 0.6 is 0 Å². The van der Waals surface area contributed by atoms with Crippen LogP contribution in [0.3, 0.4) is 0 Å². The van der Waals surface area contributed by atoms with Crippen LogP contribution in [0, 0.1) is 20.9 Å². The summed E-state index contributed by atoms with van der Waals surface area (Å²) in [6.45, 7) is 15.6. The maximum absolute atomic E-state index is 14.4. The van der Waals surface area contributed by atoms with Crippen LogP contribution in [-0.4, -0.2) is 28.0 Å². The van der Waals surface area contributed by atoms with Crippen molar-refractivity contribution in [3.63, 3.8) is 0 Å². The number of hydrogen-bond donors (Lipinski definition) is 0. The third-order valence-corrected chi connectivity index (χ3v) is 9.89. The van der Waals surface area contributed by atoms with Gasteiger partial charge in [-0.3, -0.25) is 19.7 Å². The van der Waals surface area contributed by atoms with Crippen molar-refractivity contribution in [2.24, 2.45) is 10.8 Å². The van der Waals surface area contributed by atoms with Crippen molar-refractivity contribution in [1.82, 2.24) is 4.90 Å². The fourth-order valence-corrected chi connectivity index (χ4v) is 7.79. The summed E-state index contributed by atoms with van der Waals surface area (Å²) in [7, 11) is 0. The fraction of sp³-hybridized carbons (Fsp3) is 0.381. The van der Waals surface area contributed by atoms with E-state index in [4.69, 9.17) is 9.47 Å². The number of carbonyl (C=O) groups excluding carboxylic acids is 2. The average Bonchev–Trinajstić information content (AvgIpc) is 3.05. The molecule has 0 atom stereocenters. The minimum Gasteiger partial charge on any atom is -0.490 e. The molecule has 260 valence electrons. The van der Waals surface area contributed by atoms with Crippen molar-refractivity contribution in [1.29, 1.82) is 0 Å². The quantitative estimate of drug-likeness (QED) is 0.114. The molecule has 0 radical (unpaired) electrons. The molecule has 8 nitrogen and oxygen atoms in total. The van der Waals surface area contributed by atoms with Crippen LogP contribution in [0.1, 0.15) is 88.5 Å². The summed E-state index contributed by atoms with van der Waals surface area (Å²) >= 11 is 0. The van der Waals surface area contributed by atoms with E-state index in [1.54, 1.807) is 18.2 Å². The first-order valence-corrected chi connectivity index (χ1v) is 17.4. The summed E-state index contributed by atoms with van der Waals surface area (Å²) in [4.78, 5) is 41.9. The highest BCUT2D eigenvalue weighted by Gasteiger charge is 2.49. The minimum atomic E-state index is -0.536. The molecule has 0 fully saturated rings. The van der Waals surface area contributed by atoms with E-state index in [0.29, 0.717) is 55.1 Å². The highest BCUT2D eigenvalue weighted by molar-refractivity contribution is 6.07. The van der Waals surface area contributed by atoms with Gasteiger partial charge in [0.1, 0.15) is 6.61 Å². The Labute approximate surface area is 294 Å². The molecule has 50 heavy (non-hydrogen) atoms. The molecule has 6 rings (SSSR count). The van der Waals surface area contributed by atoms with Gasteiger partial charge in [-0.2, -0.15) is 0 Å². The third kappa shape index (κ3) is 7.02. The van der Waals surface area contributed by atoms with E-state index in [9.17, 15) is 19.7 Å². The molecule has 0 unspecified atom stereocenters. The maximum Gasteiger partial charge on any atom is 0.269 e. The van der Waals surface area contributed by atoms with Crippen molar-refractivity contribution >= 4 is 17.3 Å². The van der Waals surface area contributed by atoms with Gasteiger partial charge in [-0.15, -0.1) is 6.58 Å². The molecule has 0 spiro atoms. The summed E-state index contributed by atoms with van der Waals surface area (Å²) in [6, 6.07) is 20.5. The predicted octanol–water partition coefficient (Wildman–Crippen LogP) is 9.19. The van der Waals surface area contributed by atoms with Gasteiger partial charge in [0.25, 0.3) is 5.69 Å². The second-order valence-corrected chi connectivity index (χ2v) is 15.3. The number of hydrogen-bond acceptors (Lipinski definition) is 7. The number of non-ortho nitro benzene ring substituents is 1. The Morgan fingerprint density at radius 3 is 2.00 bits per heavy atom. The number of ketones is 2. The number of carbonyl (C=O) groups is 2. The zero-order chi connectivity index (χ0) is 35.8. The molecular weight excluding hydrogens is 628 g/mol. The van der Waals surface area contributed by atoms with Gasteiger partial charge in [0.05, 0.1) is 11.5 Å². The van der Waals surface area contributed by atoms with Crippen LogP contribution in [0.5, 0.6) is 11.5 Å². The molecule has 3 aromatic rings. The molecule has 0 bridgehead atoms. The highest BCUT2D eigenvalue weighted by atomic mass is 16.6. The molecular formula is C42H46N2O6. The van der Waals surface area contributed by atoms with Crippen molar-refractivity contribution in [3.8, 4) is 11.5 Å². The van der Waals surface area contributed by atoms with E-state index in [-0.39, 0.29) is 34.7 Å². The van der Waals surface area contributed by atoms with Crippen LogP contribution < -0.4 is 9.47 Å². The molecule has 0 amide bonds. The average molecular weight is 675 g/mol. The van der Waals surface area contributed by atoms with Gasteiger partial charge in [-0.1, -0.05) is 70.2 Å². The Bertz CT molecular complexity index is 1850. The van der Waals surface area contributed by atoms with Crippen LogP contribution in [0.15, 0.2) is 102 Å². The van der Waals surface area contributed by atoms with E-state index in [1.165, 1.54) is 12.1 Å². The van der Waals surface area contributed by atoms with Crippen LogP contribution in [0.2, 0.25) is 0 Å².